The molecular weight excluding hydrogens is 649 g/mol. The van der Waals surface area contributed by atoms with Gasteiger partial charge in [-0.05, 0) is 91.3 Å². The van der Waals surface area contributed by atoms with Gasteiger partial charge in [-0.1, -0.05) is 35.1 Å². The average molecular weight is 676 g/mol. The van der Waals surface area contributed by atoms with Crippen molar-refractivity contribution in [2.24, 2.45) is 29.6 Å². The van der Waals surface area contributed by atoms with Crippen molar-refractivity contribution in [2.75, 3.05) is 16.8 Å². The molecule has 1 saturated heterocycles. The number of thioether (sulfide) groups is 1. The number of imide groups is 1. The minimum atomic E-state index is -0.521. The Balaban J connectivity index is 1.14. The molecule has 8 rings (SSSR count). The van der Waals surface area contributed by atoms with Crippen molar-refractivity contribution in [3.8, 4) is 5.75 Å². The summed E-state index contributed by atoms with van der Waals surface area (Å²) in [4.78, 5) is 58.3. The first kappa shape index (κ1) is 29.5. The molecule has 12 heteroatoms. The van der Waals surface area contributed by atoms with E-state index in [1.54, 1.807) is 23.9 Å². The molecule has 3 amide bonds. The molecule has 2 aliphatic heterocycles. The van der Waals surface area contributed by atoms with E-state index < -0.39 is 17.7 Å². The van der Waals surface area contributed by atoms with Gasteiger partial charge in [0, 0.05) is 32.3 Å². The summed E-state index contributed by atoms with van der Waals surface area (Å²) in [5.74, 6) is -2.49. The highest BCUT2D eigenvalue weighted by molar-refractivity contribution is 8.00. The predicted octanol–water partition coefficient (Wildman–Crippen LogP) is 6.23. The Kier molecular flexibility index (Phi) is 7.11. The maximum Gasteiger partial charge on any atom is 0.305 e. The summed E-state index contributed by atoms with van der Waals surface area (Å²) in [5, 5.41) is 4.04. The third-order valence-electron chi connectivity index (χ3n) is 9.78. The molecular formula is C34H27ClFN3O5S2. The molecule has 4 aliphatic rings. The number of benzene rings is 3. The van der Waals surface area contributed by atoms with E-state index in [1.807, 2.05) is 37.3 Å². The van der Waals surface area contributed by atoms with Crippen LogP contribution in [-0.4, -0.2) is 34.6 Å². The number of aromatic nitrogens is 1. The lowest BCUT2D eigenvalue weighted by molar-refractivity contribution is -0.123. The number of aromatic amines is 1. The Labute approximate surface area is 276 Å². The number of ether oxygens (including phenoxy) is 1. The molecule has 0 spiro atoms. The van der Waals surface area contributed by atoms with E-state index in [9.17, 15) is 23.6 Å². The average Bonchev–Trinajstić information content (AvgIpc) is 3.76. The summed E-state index contributed by atoms with van der Waals surface area (Å²) in [6.45, 7) is 1.70. The van der Waals surface area contributed by atoms with Crippen LogP contribution in [0.5, 0.6) is 5.75 Å². The van der Waals surface area contributed by atoms with Gasteiger partial charge in [0.25, 0.3) is 5.91 Å². The van der Waals surface area contributed by atoms with Gasteiger partial charge in [-0.3, -0.25) is 24.1 Å². The number of carbonyl (C=O) groups excluding carboxylic acids is 3. The van der Waals surface area contributed by atoms with Gasteiger partial charge in [0.15, 0.2) is 6.61 Å². The van der Waals surface area contributed by atoms with Gasteiger partial charge < -0.3 is 15.0 Å². The van der Waals surface area contributed by atoms with Crippen LogP contribution in [0.15, 0.2) is 76.6 Å². The summed E-state index contributed by atoms with van der Waals surface area (Å²) in [6.07, 6.45) is 0.706. The van der Waals surface area contributed by atoms with Gasteiger partial charge >= 0.3 is 4.87 Å². The number of nitrogens with zero attached hydrogens (tertiary/aromatic N) is 1. The summed E-state index contributed by atoms with van der Waals surface area (Å²) in [7, 11) is 0. The van der Waals surface area contributed by atoms with Gasteiger partial charge in [0.05, 0.1) is 22.5 Å². The molecule has 7 atom stereocenters. The molecule has 2 N–H and O–H groups in total. The Morgan fingerprint density at radius 1 is 1.04 bits per heavy atom. The number of rotatable bonds is 6. The third-order valence-corrected chi connectivity index (χ3v) is 12.6. The molecule has 8 nitrogen and oxygen atoms in total. The monoisotopic (exact) mass is 675 g/mol. The van der Waals surface area contributed by atoms with E-state index in [0.717, 1.165) is 32.4 Å². The topological polar surface area (TPSA) is 109 Å². The largest absolute Gasteiger partial charge is 0.483 e. The number of anilines is 2. The molecule has 2 aliphatic carbocycles. The number of halogens is 2. The highest BCUT2D eigenvalue weighted by Gasteiger charge is 2.69. The van der Waals surface area contributed by atoms with E-state index in [2.05, 4.69) is 10.3 Å². The van der Waals surface area contributed by atoms with Crippen LogP contribution in [0.3, 0.4) is 0 Å². The van der Waals surface area contributed by atoms with Gasteiger partial charge in [-0.15, -0.1) is 11.8 Å². The Morgan fingerprint density at radius 2 is 1.80 bits per heavy atom. The first-order chi connectivity index (χ1) is 22.2. The lowest BCUT2D eigenvalue weighted by Gasteiger charge is -2.43. The summed E-state index contributed by atoms with van der Waals surface area (Å²) < 4.78 is 19.8. The molecule has 0 radical (unpaired) electrons. The van der Waals surface area contributed by atoms with E-state index in [-0.39, 0.29) is 58.1 Å². The normalized spacial score (nSPS) is 27.4. The Bertz CT molecular complexity index is 1980. The van der Waals surface area contributed by atoms with Crippen molar-refractivity contribution in [3.63, 3.8) is 0 Å². The van der Waals surface area contributed by atoms with Crippen LogP contribution >= 0.6 is 34.7 Å². The number of thiazole rings is 1. The molecule has 3 fully saturated rings. The van der Waals surface area contributed by atoms with Crippen LogP contribution in [0, 0.1) is 42.3 Å². The van der Waals surface area contributed by atoms with Crippen LogP contribution in [0.2, 0.25) is 5.02 Å². The Morgan fingerprint density at radius 3 is 2.57 bits per heavy atom. The van der Waals surface area contributed by atoms with Crippen molar-refractivity contribution in [2.45, 2.75) is 29.5 Å². The fourth-order valence-corrected chi connectivity index (χ4v) is 11.2. The second kappa shape index (κ2) is 11.1. The third kappa shape index (κ3) is 4.70. The number of nitrogens with one attached hydrogen (secondary N) is 2. The lowest BCUT2D eigenvalue weighted by atomic mass is 9.68. The maximum absolute atomic E-state index is 14.0. The van der Waals surface area contributed by atoms with Crippen LogP contribution in [0.4, 0.5) is 15.8 Å². The molecule has 2 saturated carbocycles. The fourth-order valence-electron chi connectivity index (χ4n) is 8.17. The number of carbonyl (C=O) groups is 3. The fraction of sp³-hybridized carbons (Fsp3) is 0.294. The zero-order valence-corrected chi connectivity index (χ0v) is 26.8. The van der Waals surface area contributed by atoms with E-state index in [0.29, 0.717) is 28.6 Å². The highest BCUT2D eigenvalue weighted by atomic mass is 35.5. The second-order valence-electron chi connectivity index (χ2n) is 12.3. The molecule has 46 heavy (non-hydrogen) atoms. The van der Waals surface area contributed by atoms with Crippen LogP contribution in [-0.2, 0) is 14.4 Å². The minimum Gasteiger partial charge on any atom is -0.483 e. The summed E-state index contributed by atoms with van der Waals surface area (Å²) in [5.41, 5.74) is 2.79. The standard InChI is InChI=1S/C34H27ClFN3O5S2/c1-15-3-2-4-18(11-15)37-24(40)14-44-23-10-5-16(35)12-20(23)25-26-21-13-22(29(26)45-31-30(25)46-34(43)38-31)28-27(21)32(41)39(33(28)42)19-8-6-17(36)7-9-19/h2-12,21-22,25-29H,13-14H2,1H3,(H,37,40)(H,38,43)/t21?,22?,25-,26?,27?,28?,29?/m1/s1. The minimum absolute atomic E-state index is 0.0460. The van der Waals surface area contributed by atoms with Gasteiger partial charge in [-0.25, -0.2) is 4.39 Å². The zero-order chi connectivity index (χ0) is 31.9. The molecule has 6 unspecified atom stereocenters. The highest BCUT2D eigenvalue weighted by Crippen LogP contribution is 2.69. The number of hydrogen-bond acceptors (Lipinski definition) is 7. The SMILES string of the molecule is Cc1cccc(NC(=O)COc2ccc(Cl)cc2[C@H]2c3sc(=O)[nH]c3SC3C4CC(C5C(=O)N(c6ccc(F)cc6)C(=O)C45)C32)c1. The van der Waals surface area contributed by atoms with Crippen molar-refractivity contribution in [1.82, 2.24) is 4.98 Å². The molecule has 3 heterocycles. The van der Waals surface area contributed by atoms with E-state index in [1.165, 1.54) is 29.2 Å². The first-order valence-electron chi connectivity index (χ1n) is 15.0. The quantitative estimate of drug-likeness (QED) is 0.235. The second-order valence-corrected chi connectivity index (χ2v) is 15.0. The van der Waals surface area contributed by atoms with Crippen molar-refractivity contribution in [1.29, 1.82) is 0 Å². The summed E-state index contributed by atoms with van der Waals surface area (Å²) >= 11 is 9.27. The van der Waals surface area contributed by atoms with Gasteiger partial charge in [0.1, 0.15) is 11.6 Å². The lowest BCUT2D eigenvalue weighted by Crippen LogP contribution is -2.42. The number of aryl methyl sites for hydroxylation is 1. The molecule has 234 valence electrons. The molecule has 2 bridgehead atoms. The van der Waals surface area contributed by atoms with Crippen molar-refractivity contribution in [3.05, 3.63) is 103 Å². The Hall–Kier alpha value is -3.93. The van der Waals surface area contributed by atoms with Crippen molar-refractivity contribution < 1.29 is 23.5 Å². The first-order valence-corrected chi connectivity index (χ1v) is 17.1. The maximum atomic E-state index is 14.0. The number of fused-ring (bicyclic) bond motifs is 9. The van der Waals surface area contributed by atoms with E-state index >= 15 is 0 Å². The van der Waals surface area contributed by atoms with Crippen LogP contribution < -0.4 is 19.8 Å². The number of hydrogen-bond donors (Lipinski definition) is 2. The molecule has 3 aromatic carbocycles. The number of H-pyrrole nitrogens is 1. The van der Waals surface area contributed by atoms with Crippen LogP contribution in [0.1, 0.15) is 28.3 Å². The predicted molar refractivity (Wildman–Crippen MR) is 174 cm³/mol. The smallest absolute Gasteiger partial charge is 0.305 e. The van der Waals surface area contributed by atoms with Crippen molar-refractivity contribution >= 4 is 63.8 Å². The summed E-state index contributed by atoms with van der Waals surface area (Å²) in [6, 6.07) is 18.2. The van der Waals surface area contributed by atoms with Crippen LogP contribution in [0.25, 0.3) is 0 Å². The number of amides is 3. The zero-order valence-electron chi connectivity index (χ0n) is 24.4. The van der Waals surface area contributed by atoms with E-state index in [4.69, 9.17) is 16.3 Å². The molecule has 1 aromatic heterocycles. The van der Waals surface area contributed by atoms with Gasteiger partial charge in [-0.2, -0.15) is 0 Å². The molecule has 4 aromatic rings. The van der Waals surface area contributed by atoms with Gasteiger partial charge in [0.2, 0.25) is 11.8 Å².